The standard InChI is InChI=1S/C23H19F3N2O5S2/c24-23(25,26)20-15-17(13-14-21(20)27-34(30,31)18-7-3-1-4-8-18)28(22(29)16-11-12-16)35(32,33)19-9-5-2-6-10-19/h1-10,13-16,27H,11-12H2. The Morgan fingerprint density at radius 3 is 1.89 bits per heavy atom. The van der Waals surface area contributed by atoms with Crippen molar-refractivity contribution in [2.75, 3.05) is 9.03 Å². The summed E-state index contributed by atoms with van der Waals surface area (Å²) in [5, 5.41) is 0. The molecule has 3 aromatic carbocycles. The van der Waals surface area contributed by atoms with E-state index in [1.807, 2.05) is 4.72 Å². The van der Waals surface area contributed by atoms with Crippen molar-refractivity contribution in [1.29, 1.82) is 0 Å². The molecule has 0 heterocycles. The second-order valence-electron chi connectivity index (χ2n) is 7.84. The van der Waals surface area contributed by atoms with Gasteiger partial charge in [0.1, 0.15) is 0 Å². The van der Waals surface area contributed by atoms with E-state index in [2.05, 4.69) is 0 Å². The zero-order valence-corrected chi connectivity index (χ0v) is 19.6. The van der Waals surface area contributed by atoms with Crippen molar-refractivity contribution >= 4 is 37.3 Å². The molecule has 0 aromatic heterocycles. The average Bonchev–Trinajstić information content (AvgIpc) is 3.66. The predicted octanol–water partition coefficient (Wildman–Crippen LogP) is 4.64. The SMILES string of the molecule is O=C(C1CC1)N(c1ccc(NS(=O)(=O)c2ccccc2)c(C(F)(F)F)c1)S(=O)(=O)c1ccccc1. The summed E-state index contributed by atoms with van der Waals surface area (Å²) in [6.07, 6.45) is -4.23. The number of carbonyl (C=O) groups excluding carboxylic acids is 1. The van der Waals surface area contributed by atoms with Crippen LogP contribution in [0.15, 0.2) is 88.7 Å². The molecule has 1 N–H and O–H groups in total. The van der Waals surface area contributed by atoms with E-state index in [4.69, 9.17) is 0 Å². The van der Waals surface area contributed by atoms with Crippen LogP contribution >= 0.6 is 0 Å². The first kappa shape index (κ1) is 24.7. The molecule has 0 spiro atoms. The molecule has 4 rings (SSSR count). The summed E-state index contributed by atoms with van der Waals surface area (Å²) >= 11 is 0. The number of hydrogen-bond acceptors (Lipinski definition) is 5. The molecule has 0 radical (unpaired) electrons. The number of sulfonamides is 2. The van der Waals surface area contributed by atoms with Crippen molar-refractivity contribution in [2.24, 2.45) is 5.92 Å². The van der Waals surface area contributed by atoms with Gasteiger partial charge in [-0.1, -0.05) is 36.4 Å². The number of halogens is 3. The summed E-state index contributed by atoms with van der Waals surface area (Å²) in [5.74, 6) is -1.47. The zero-order chi connectivity index (χ0) is 25.4. The van der Waals surface area contributed by atoms with Crippen LogP contribution in [0.3, 0.4) is 0 Å². The number of anilines is 2. The first-order valence-corrected chi connectivity index (χ1v) is 13.3. The third-order valence-corrected chi connectivity index (χ3v) is 8.37. The van der Waals surface area contributed by atoms with Gasteiger partial charge in [0, 0.05) is 5.92 Å². The van der Waals surface area contributed by atoms with Crippen molar-refractivity contribution in [1.82, 2.24) is 0 Å². The van der Waals surface area contributed by atoms with Crippen molar-refractivity contribution in [3.05, 3.63) is 84.4 Å². The van der Waals surface area contributed by atoms with Crippen LogP contribution in [0.2, 0.25) is 0 Å². The Morgan fingerprint density at radius 1 is 0.829 bits per heavy atom. The Bertz CT molecular complexity index is 1460. The molecule has 1 amide bonds. The van der Waals surface area contributed by atoms with Crippen LogP contribution in [0.5, 0.6) is 0 Å². The number of nitrogens with zero attached hydrogens (tertiary/aromatic N) is 1. The number of alkyl halides is 3. The topological polar surface area (TPSA) is 101 Å². The predicted molar refractivity (Wildman–Crippen MR) is 123 cm³/mol. The van der Waals surface area contributed by atoms with Crippen LogP contribution in [0.4, 0.5) is 24.5 Å². The number of hydrogen-bond donors (Lipinski definition) is 1. The van der Waals surface area contributed by atoms with E-state index in [-0.39, 0.29) is 9.79 Å². The zero-order valence-electron chi connectivity index (χ0n) is 17.9. The number of amides is 1. The quantitative estimate of drug-likeness (QED) is 0.486. The Hall–Kier alpha value is -3.38. The third kappa shape index (κ3) is 5.17. The highest BCUT2D eigenvalue weighted by Gasteiger charge is 2.42. The number of benzene rings is 3. The van der Waals surface area contributed by atoms with Crippen LogP contribution in [0.1, 0.15) is 18.4 Å². The minimum absolute atomic E-state index is 0.255. The van der Waals surface area contributed by atoms with E-state index in [0.29, 0.717) is 23.2 Å². The van der Waals surface area contributed by atoms with Gasteiger partial charge in [0.2, 0.25) is 5.91 Å². The molecule has 12 heteroatoms. The third-order valence-electron chi connectivity index (χ3n) is 5.25. The Balaban J connectivity index is 1.82. The van der Waals surface area contributed by atoms with Gasteiger partial charge in [-0.2, -0.15) is 13.2 Å². The van der Waals surface area contributed by atoms with Crippen molar-refractivity contribution < 1.29 is 34.8 Å². The van der Waals surface area contributed by atoms with Gasteiger partial charge >= 0.3 is 6.18 Å². The van der Waals surface area contributed by atoms with Crippen LogP contribution in [-0.2, 0) is 31.0 Å². The van der Waals surface area contributed by atoms with Gasteiger partial charge in [0.15, 0.2) is 0 Å². The van der Waals surface area contributed by atoms with Crippen LogP contribution in [0, 0.1) is 5.92 Å². The number of carbonyl (C=O) groups is 1. The van der Waals surface area contributed by atoms with E-state index in [0.717, 1.165) is 12.1 Å². The molecule has 0 aliphatic heterocycles. The van der Waals surface area contributed by atoms with E-state index < -0.39 is 55.0 Å². The first-order valence-electron chi connectivity index (χ1n) is 10.3. The van der Waals surface area contributed by atoms with Crippen molar-refractivity contribution in [3.63, 3.8) is 0 Å². The summed E-state index contributed by atoms with van der Waals surface area (Å²) in [6.45, 7) is 0. The van der Waals surface area contributed by atoms with Gasteiger partial charge in [0.25, 0.3) is 20.0 Å². The second-order valence-corrected chi connectivity index (χ2v) is 11.3. The number of rotatable bonds is 7. The molecule has 1 aliphatic carbocycles. The van der Waals surface area contributed by atoms with Crippen molar-refractivity contribution in [3.8, 4) is 0 Å². The molecule has 0 unspecified atom stereocenters. The second kappa shape index (κ2) is 9.00. The lowest BCUT2D eigenvalue weighted by Crippen LogP contribution is -2.38. The maximum Gasteiger partial charge on any atom is 0.418 e. The summed E-state index contributed by atoms with van der Waals surface area (Å²) in [7, 11) is -8.90. The molecule has 184 valence electrons. The number of nitrogens with one attached hydrogen (secondary N) is 1. The Labute approximate surface area is 200 Å². The van der Waals surface area contributed by atoms with E-state index in [1.165, 1.54) is 48.5 Å². The maximum atomic E-state index is 14.0. The summed E-state index contributed by atoms with van der Waals surface area (Å²) in [5.41, 5.74) is -2.78. The smallest absolute Gasteiger partial charge is 0.279 e. The van der Waals surface area contributed by atoms with Gasteiger partial charge in [-0.25, -0.2) is 21.1 Å². The Kier molecular flexibility index (Phi) is 6.36. The van der Waals surface area contributed by atoms with Crippen LogP contribution < -0.4 is 9.03 Å². The first-order chi connectivity index (χ1) is 16.4. The molecule has 3 aromatic rings. The van der Waals surface area contributed by atoms with Gasteiger partial charge < -0.3 is 0 Å². The molecule has 0 bridgehead atoms. The normalized spacial score (nSPS) is 14.4. The highest BCUT2D eigenvalue weighted by Crippen LogP contribution is 2.41. The fourth-order valence-electron chi connectivity index (χ4n) is 3.36. The lowest BCUT2D eigenvalue weighted by atomic mass is 10.1. The molecular weight excluding hydrogens is 505 g/mol. The fourth-order valence-corrected chi connectivity index (χ4v) is 5.95. The van der Waals surface area contributed by atoms with Crippen LogP contribution in [0.25, 0.3) is 0 Å². The largest absolute Gasteiger partial charge is 0.418 e. The summed E-state index contributed by atoms with van der Waals surface area (Å²) < 4.78 is 96.0. The molecule has 1 saturated carbocycles. The fraction of sp³-hybridized carbons (Fsp3) is 0.174. The van der Waals surface area contributed by atoms with Gasteiger partial charge in [-0.15, -0.1) is 0 Å². The molecule has 7 nitrogen and oxygen atoms in total. The van der Waals surface area contributed by atoms with Gasteiger partial charge in [-0.05, 0) is 55.3 Å². The maximum absolute atomic E-state index is 14.0. The molecule has 0 atom stereocenters. The molecule has 0 saturated heterocycles. The minimum Gasteiger partial charge on any atom is -0.279 e. The van der Waals surface area contributed by atoms with Crippen molar-refractivity contribution in [2.45, 2.75) is 28.8 Å². The lowest BCUT2D eigenvalue weighted by Gasteiger charge is -2.24. The highest BCUT2D eigenvalue weighted by molar-refractivity contribution is 7.93. The monoisotopic (exact) mass is 524 g/mol. The summed E-state index contributed by atoms with van der Waals surface area (Å²) in [4.78, 5) is 12.4. The summed E-state index contributed by atoms with van der Waals surface area (Å²) in [6, 6.07) is 15.9. The lowest BCUT2D eigenvalue weighted by molar-refractivity contribution is -0.137. The van der Waals surface area contributed by atoms with Gasteiger partial charge in [0.05, 0.1) is 26.7 Å². The average molecular weight is 525 g/mol. The molecular formula is C23H19F3N2O5S2. The van der Waals surface area contributed by atoms with E-state index in [1.54, 1.807) is 12.1 Å². The molecule has 35 heavy (non-hydrogen) atoms. The minimum atomic E-state index is -5.06. The van der Waals surface area contributed by atoms with E-state index >= 15 is 0 Å². The van der Waals surface area contributed by atoms with Crippen LogP contribution in [-0.4, -0.2) is 22.7 Å². The molecule has 1 fully saturated rings. The van der Waals surface area contributed by atoms with Gasteiger partial charge in [-0.3, -0.25) is 9.52 Å². The van der Waals surface area contributed by atoms with E-state index in [9.17, 15) is 34.8 Å². The highest BCUT2D eigenvalue weighted by atomic mass is 32.2. The molecule has 1 aliphatic rings. The Morgan fingerprint density at radius 2 is 1.37 bits per heavy atom.